The number of allylic oxidation sites excluding steroid dienone is 1. The number of carbonyl (C=O) groups is 2. The lowest BCUT2D eigenvalue weighted by Crippen LogP contribution is -2.51. The molecule has 1 aliphatic rings. The summed E-state index contributed by atoms with van der Waals surface area (Å²) in [5.74, 6) is -3.03. The second-order valence-electron chi connectivity index (χ2n) is 12.3. The zero-order valence-corrected chi connectivity index (χ0v) is 26.7. The number of rotatable bonds is 12. The molecule has 248 valence electrons. The number of nitriles is 1. The van der Waals surface area contributed by atoms with Crippen molar-refractivity contribution >= 4 is 11.9 Å². The van der Waals surface area contributed by atoms with Crippen LogP contribution in [0.25, 0.3) is 11.1 Å². The summed E-state index contributed by atoms with van der Waals surface area (Å²) in [7, 11) is 3.42. The molecule has 3 atom stereocenters. The van der Waals surface area contributed by atoms with Crippen LogP contribution in [-0.4, -0.2) is 71.0 Å². The molecule has 0 saturated heterocycles. The Morgan fingerprint density at radius 1 is 1.15 bits per heavy atom. The molecule has 0 spiro atoms. The van der Waals surface area contributed by atoms with Crippen LogP contribution < -0.4 is 5.32 Å². The minimum atomic E-state index is -4.74. The number of benzene rings is 2. The summed E-state index contributed by atoms with van der Waals surface area (Å²) in [6.45, 7) is 7.13. The van der Waals surface area contributed by atoms with E-state index in [-0.39, 0.29) is 42.0 Å². The lowest BCUT2D eigenvalue weighted by atomic mass is 9.90. The summed E-state index contributed by atoms with van der Waals surface area (Å²) < 4.78 is 57.5. The van der Waals surface area contributed by atoms with Crippen LogP contribution in [0, 0.1) is 36.9 Å². The van der Waals surface area contributed by atoms with Crippen LogP contribution in [0.15, 0.2) is 53.8 Å². The van der Waals surface area contributed by atoms with Gasteiger partial charge < -0.3 is 25.3 Å². The van der Waals surface area contributed by atoms with E-state index in [2.05, 4.69) is 11.4 Å². The van der Waals surface area contributed by atoms with Crippen LogP contribution in [0.4, 0.5) is 17.6 Å². The minimum Gasteiger partial charge on any atom is -0.481 e. The number of aliphatic hydroxyl groups is 1. The molecule has 2 unspecified atom stereocenters. The first-order valence-electron chi connectivity index (χ1n) is 14.9. The Morgan fingerprint density at radius 3 is 2.39 bits per heavy atom. The number of nitrogens with zero attached hydrogens (tertiary/aromatic N) is 3. The molecule has 12 heteroatoms. The topological polar surface area (TPSA) is 117 Å². The van der Waals surface area contributed by atoms with Gasteiger partial charge in [-0.25, -0.2) is 4.39 Å². The number of hydrogen-bond donors (Lipinski definition) is 3. The lowest BCUT2D eigenvalue weighted by Gasteiger charge is -2.38. The van der Waals surface area contributed by atoms with Gasteiger partial charge in [-0.3, -0.25) is 9.59 Å². The Bertz CT molecular complexity index is 1560. The fourth-order valence-electron chi connectivity index (χ4n) is 5.59. The van der Waals surface area contributed by atoms with E-state index in [4.69, 9.17) is 0 Å². The molecule has 1 amide bonds. The highest BCUT2D eigenvalue weighted by Gasteiger charge is 2.41. The number of aryl methyl sites for hydroxylation is 2. The molecule has 0 saturated carbocycles. The first-order valence-corrected chi connectivity index (χ1v) is 14.9. The second kappa shape index (κ2) is 14.9. The number of nitrogens with one attached hydrogen (secondary N) is 1. The van der Waals surface area contributed by atoms with Crippen molar-refractivity contribution in [2.45, 2.75) is 71.4 Å². The van der Waals surface area contributed by atoms with Crippen LogP contribution in [0.5, 0.6) is 0 Å². The molecule has 1 aliphatic heterocycles. The average Bonchev–Trinajstić information content (AvgIpc) is 2.95. The van der Waals surface area contributed by atoms with Crippen LogP contribution >= 0.6 is 0 Å². The largest absolute Gasteiger partial charge is 0.481 e. The highest BCUT2D eigenvalue weighted by molar-refractivity contribution is 5.83. The predicted molar refractivity (Wildman–Crippen MR) is 166 cm³/mol. The highest BCUT2D eigenvalue weighted by atomic mass is 19.4. The lowest BCUT2D eigenvalue weighted by molar-refractivity contribution is -0.138. The van der Waals surface area contributed by atoms with E-state index >= 15 is 4.39 Å². The van der Waals surface area contributed by atoms with Gasteiger partial charge in [0.2, 0.25) is 5.91 Å². The summed E-state index contributed by atoms with van der Waals surface area (Å²) >= 11 is 0. The smallest absolute Gasteiger partial charge is 0.416 e. The molecule has 46 heavy (non-hydrogen) atoms. The zero-order valence-electron chi connectivity index (χ0n) is 26.7. The zero-order chi connectivity index (χ0) is 34.5. The number of aliphatic hydroxyl groups excluding tert-OH is 1. The van der Waals surface area contributed by atoms with Crippen molar-refractivity contribution < 1.29 is 37.4 Å². The van der Waals surface area contributed by atoms with E-state index in [1.54, 1.807) is 58.0 Å². The van der Waals surface area contributed by atoms with Gasteiger partial charge in [0.1, 0.15) is 18.1 Å². The Hall–Kier alpha value is -4.21. The number of hydrogen-bond acceptors (Lipinski definition) is 6. The predicted octanol–water partition coefficient (Wildman–Crippen LogP) is 5.99. The summed E-state index contributed by atoms with van der Waals surface area (Å²) in [6, 6.07) is 7.56. The van der Waals surface area contributed by atoms with E-state index in [0.717, 1.165) is 16.7 Å². The maximum absolute atomic E-state index is 15.7. The fraction of sp³-hybridized carbons (Fsp3) is 0.441. The molecule has 2 aromatic rings. The van der Waals surface area contributed by atoms with E-state index in [9.17, 15) is 38.2 Å². The molecular weight excluding hydrogens is 604 g/mol. The van der Waals surface area contributed by atoms with Crippen molar-refractivity contribution in [2.75, 3.05) is 20.6 Å². The van der Waals surface area contributed by atoms with Crippen molar-refractivity contribution in [2.24, 2.45) is 5.92 Å². The van der Waals surface area contributed by atoms with Gasteiger partial charge in [0.25, 0.3) is 0 Å². The molecule has 0 radical (unpaired) electrons. The maximum atomic E-state index is 15.7. The van der Waals surface area contributed by atoms with Crippen molar-refractivity contribution in [3.63, 3.8) is 0 Å². The number of aliphatic carboxylic acids is 1. The van der Waals surface area contributed by atoms with Gasteiger partial charge in [-0.15, -0.1) is 0 Å². The quantitative estimate of drug-likeness (QED) is 0.243. The molecule has 0 aromatic heterocycles. The van der Waals surface area contributed by atoms with Crippen molar-refractivity contribution in [3.05, 3.63) is 81.8 Å². The normalized spacial score (nSPS) is 16.5. The molecule has 1 heterocycles. The average molecular weight is 645 g/mol. The Balaban J connectivity index is 2.09. The maximum Gasteiger partial charge on any atom is 0.416 e. The Kier molecular flexibility index (Phi) is 11.8. The van der Waals surface area contributed by atoms with Gasteiger partial charge in [0, 0.05) is 23.9 Å². The molecule has 3 rings (SSSR count). The number of amides is 1. The van der Waals surface area contributed by atoms with Crippen LogP contribution in [0.1, 0.15) is 61.4 Å². The molecule has 0 bridgehead atoms. The molecule has 0 aliphatic carbocycles. The van der Waals surface area contributed by atoms with E-state index in [1.165, 1.54) is 19.1 Å². The van der Waals surface area contributed by atoms with Gasteiger partial charge >= 0.3 is 12.1 Å². The Morgan fingerprint density at radius 2 is 1.83 bits per heavy atom. The minimum absolute atomic E-state index is 0.0138. The summed E-state index contributed by atoms with van der Waals surface area (Å²) in [5, 5.41) is 33.0. The van der Waals surface area contributed by atoms with Gasteiger partial charge in [0.05, 0.1) is 29.7 Å². The van der Waals surface area contributed by atoms with E-state index in [1.807, 2.05) is 0 Å². The first-order chi connectivity index (χ1) is 21.4. The standard InChI is InChI=1S/C34H40F4N4O4/c1-19(2)12-28(42-18-23(10-11-41(5)6)26(15-29(42)43)34(36,37)38)33(46)40-27(16-30(44)45)25-14-24(13-21(4)32(25)35)31-20(3)8-7-9-22(31)17-39/h7-9,13-15,18-19,27-29,43H,10-12,16H2,1-6H3,(H,40,46)(H,44,45)/t27-,28?,29?/m0/s1. The number of carbonyl (C=O) groups excluding carboxylic acids is 1. The summed E-state index contributed by atoms with van der Waals surface area (Å²) in [5.41, 5.74) is 0.978. The van der Waals surface area contributed by atoms with Crippen LogP contribution in [0.2, 0.25) is 0 Å². The molecule has 0 fully saturated rings. The third kappa shape index (κ3) is 8.73. The van der Waals surface area contributed by atoms with Gasteiger partial charge in [-0.05, 0) is 93.2 Å². The SMILES string of the molecule is Cc1cc(-c2c(C)cccc2C#N)cc([C@H](CC(=O)O)NC(=O)C(CC(C)C)N2C=C(CCN(C)C)C(C(F)(F)F)=CC2O)c1F. The third-order valence-corrected chi connectivity index (χ3v) is 7.80. The summed E-state index contributed by atoms with van der Waals surface area (Å²) in [6.07, 6.45) is -5.36. The van der Waals surface area contributed by atoms with Gasteiger partial charge in [0.15, 0.2) is 0 Å². The number of alkyl halides is 3. The highest BCUT2D eigenvalue weighted by Crippen LogP contribution is 2.38. The molecule has 2 aromatic carbocycles. The third-order valence-electron chi connectivity index (χ3n) is 7.80. The second-order valence-corrected chi connectivity index (χ2v) is 12.3. The van der Waals surface area contributed by atoms with Gasteiger partial charge in [-0.2, -0.15) is 18.4 Å². The van der Waals surface area contributed by atoms with Crippen molar-refractivity contribution in [3.8, 4) is 17.2 Å². The molecule has 8 nitrogen and oxygen atoms in total. The number of halogens is 4. The number of carboxylic acid groups (broad SMARTS) is 1. The number of carboxylic acids is 1. The summed E-state index contributed by atoms with van der Waals surface area (Å²) in [4.78, 5) is 28.8. The van der Waals surface area contributed by atoms with Crippen LogP contribution in [-0.2, 0) is 9.59 Å². The monoisotopic (exact) mass is 644 g/mol. The molecule has 3 N–H and O–H groups in total. The first kappa shape index (κ1) is 36.3. The van der Waals surface area contributed by atoms with Crippen molar-refractivity contribution in [1.82, 2.24) is 15.1 Å². The van der Waals surface area contributed by atoms with E-state index < -0.39 is 54.2 Å². The van der Waals surface area contributed by atoms with Crippen LogP contribution in [0.3, 0.4) is 0 Å². The Labute approximate surface area is 266 Å². The van der Waals surface area contributed by atoms with Crippen molar-refractivity contribution in [1.29, 1.82) is 5.26 Å². The fourth-order valence-corrected chi connectivity index (χ4v) is 5.59. The molecular formula is C34H40F4N4O4. The van der Waals surface area contributed by atoms with Gasteiger partial charge in [-0.1, -0.05) is 26.0 Å². The van der Waals surface area contributed by atoms with E-state index in [0.29, 0.717) is 22.8 Å².